The van der Waals surface area contributed by atoms with Crippen molar-refractivity contribution < 1.29 is 14.6 Å². The van der Waals surface area contributed by atoms with Gasteiger partial charge in [-0.2, -0.15) is 0 Å². The number of ether oxygens (including phenoxy) is 1. The lowest BCUT2D eigenvalue weighted by Gasteiger charge is -2.18. The smallest absolute Gasteiger partial charge is 0.334 e. The number of fused-ring (bicyclic) bond motifs is 1. The molecule has 0 aromatic heterocycles. The number of hydrogen-bond donors (Lipinski definition) is 1. The zero-order chi connectivity index (χ0) is 9.42. The van der Waals surface area contributed by atoms with Crippen LogP contribution in [0.2, 0.25) is 0 Å². The lowest BCUT2D eigenvalue weighted by atomic mass is 9.92. The summed E-state index contributed by atoms with van der Waals surface area (Å²) in [5.41, 5.74) is 0.547. The van der Waals surface area contributed by atoms with Crippen LogP contribution in [0, 0.1) is 5.92 Å². The van der Waals surface area contributed by atoms with Gasteiger partial charge in [-0.15, -0.1) is 0 Å². The van der Waals surface area contributed by atoms with Crippen LogP contribution in [0.4, 0.5) is 0 Å². The number of carbonyl (C=O) groups excluding carboxylic acids is 1. The molecule has 0 unspecified atom stereocenters. The highest BCUT2D eigenvalue weighted by molar-refractivity contribution is 5.90. The van der Waals surface area contributed by atoms with E-state index in [1.165, 1.54) is 0 Å². The lowest BCUT2D eigenvalue weighted by molar-refractivity contribution is -0.144. The molecule has 0 bridgehead atoms. The maximum absolute atomic E-state index is 11.2. The highest BCUT2D eigenvalue weighted by atomic mass is 16.6. The first-order chi connectivity index (χ1) is 6.20. The summed E-state index contributed by atoms with van der Waals surface area (Å²) in [4.78, 5) is 11.2. The number of carbonyl (C=O) groups is 1. The van der Waals surface area contributed by atoms with E-state index in [-0.39, 0.29) is 18.0 Å². The highest BCUT2D eigenvalue weighted by Crippen LogP contribution is 2.36. The van der Waals surface area contributed by atoms with E-state index in [0.717, 1.165) is 25.7 Å². The molecule has 0 radical (unpaired) electrons. The summed E-state index contributed by atoms with van der Waals surface area (Å²) in [6.07, 6.45) is 2.92. The summed E-state index contributed by atoms with van der Waals surface area (Å²) in [5.74, 6) is -0.263. The average molecular weight is 182 g/mol. The van der Waals surface area contributed by atoms with Gasteiger partial charge in [-0.1, -0.05) is 19.4 Å². The van der Waals surface area contributed by atoms with Crippen molar-refractivity contribution in [3.05, 3.63) is 12.2 Å². The van der Waals surface area contributed by atoms with Gasteiger partial charge in [0.25, 0.3) is 0 Å². The van der Waals surface area contributed by atoms with Crippen LogP contribution in [0.1, 0.15) is 25.7 Å². The maximum Gasteiger partial charge on any atom is 0.334 e. The summed E-state index contributed by atoms with van der Waals surface area (Å²) in [7, 11) is 0. The molecule has 0 amide bonds. The molecule has 72 valence electrons. The van der Waals surface area contributed by atoms with E-state index < -0.39 is 6.10 Å². The van der Waals surface area contributed by atoms with E-state index in [0.29, 0.717) is 5.57 Å². The van der Waals surface area contributed by atoms with Gasteiger partial charge in [0.05, 0.1) is 6.10 Å². The summed E-state index contributed by atoms with van der Waals surface area (Å²) in [6.45, 7) is 3.71. The van der Waals surface area contributed by atoms with Crippen LogP contribution < -0.4 is 0 Å². The summed E-state index contributed by atoms with van der Waals surface area (Å²) in [5, 5.41) is 9.68. The van der Waals surface area contributed by atoms with E-state index in [9.17, 15) is 9.90 Å². The Morgan fingerprint density at radius 2 is 2.08 bits per heavy atom. The molecule has 2 aliphatic rings. The van der Waals surface area contributed by atoms with Gasteiger partial charge in [0.1, 0.15) is 6.10 Å². The van der Waals surface area contributed by atoms with Crippen LogP contribution in [0.3, 0.4) is 0 Å². The summed E-state index contributed by atoms with van der Waals surface area (Å²) >= 11 is 0. The van der Waals surface area contributed by atoms with Gasteiger partial charge in [0.15, 0.2) is 0 Å². The second kappa shape index (κ2) is 3.14. The first kappa shape index (κ1) is 8.75. The van der Waals surface area contributed by atoms with Crippen LogP contribution in [0.15, 0.2) is 12.2 Å². The fraction of sp³-hybridized carbons (Fsp3) is 0.700. The standard InChI is InChI=1S/C10H14O3/c1-6-7-4-2-3-5-8(11)9(7)13-10(6)12/h7-9,11H,1-5H2/t7-,8-,9+/m0/s1. The van der Waals surface area contributed by atoms with Gasteiger partial charge < -0.3 is 9.84 Å². The van der Waals surface area contributed by atoms with E-state index >= 15 is 0 Å². The Labute approximate surface area is 77.4 Å². The molecule has 1 aliphatic heterocycles. The van der Waals surface area contributed by atoms with Gasteiger partial charge in [-0.25, -0.2) is 4.79 Å². The van der Waals surface area contributed by atoms with Gasteiger partial charge in [0.2, 0.25) is 0 Å². The Morgan fingerprint density at radius 1 is 1.38 bits per heavy atom. The SMILES string of the molecule is C=C1C(=O)O[C@H]2[C@@H](O)CCCC[C@@H]12. The fourth-order valence-electron chi connectivity index (χ4n) is 2.20. The normalized spacial score (nSPS) is 39.6. The van der Waals surface area contributed by atoms with Crippen molar-refractivity contribution in [3.63, 3.8) is 0 Å². The Balaban J connectivity index is 2.20. The third-order valence-electron chi connectivity index (χ3n) is 2.99. The predicted molar refractivity (Wildman–Crippen MR) is 47.0 cm³/mol. The zero-order valence-electron chi connectivity index (χ0n) is 7.53. The minimum atomic E-state index is -0.490. The minimum absolute atomic E-state index is 0.0602. The molecule has 0 aromatic rings. The van der Waals surface area contributed by atoms with Crippen LogP contribution in [0.5, 0.6) is 0 Å². The van der Waals surface area contributed by atoms with E-state index in [4.69, 9.17) is 4.74 Å². The summed E-state index contributed by atoms with van der Waals surface area (Å²) in [6, 6.07) is 0. The van der Waals surface area contributed by atoms with Crippen LogP contribution in [-0.2, 0) is 9.53 Å². The molecule has 2 rings (SSSR count). The zero-order valence-corrected chi connectivity index (χ0v) is 7.53. The number of hydrogen-bond acceptors (Lipinski definition) is 3. The largest absolute Gasteiger partial charge is 0.456 e. The second-order valence-corrected chi connectivity index (χ2v) is 3.85. The molecule has 3 heteroatoms. The third kappa shape index (κ3) is 1.37. The van der Waals surface area contributed by atoms with Gasteiger partial charge in [-0.05, 0) is 12.8 Å². The van der Waals surface area contributed by atoms with E-state index in [1.807, 2.05) is 0 Å². The first-order valence-corrected chi connectivity index (χ1v) is 4.78. The molecule has 1 N–H and O–H groups in total. The van der Waals surface area contributed by atoms with Crippen LogP contribution in [0.25, 0.3) is 0 Å². The molecular weight excluding hydrogens is 168 g/mol. The van der Waals surface area contributed by atoms with Crippen molar-refractivity contribution >= 4 is 5.97 Å². The second-order valence-electron chi connectivity index (χ2n) is 3.85. The Kier molecular flexibility index (Phi) is 2.12. The Bertz CT molecular complexity index is 247. The molecule has 13 heavy (non-hydrogen) atoms. The molecule has 1 saturated carbocycles. The predicted octanol–water partition coefficient (Wildman–Crippen LogP) is 1.02. The molecule has 0 spiro atoms. The minimum Gasteiger partial charge on any atom is -0.456 e. The van der Waals surface area contributed by atoms with Crippen molar-refractivity contribution in [1.82, 2.24) is 0 Å². The topological polar surface area (TPSA) is 46.5 Å². The third-order valence-corrected chi connectivity index (χ3v) is 2.99. The monoisotopic (exact) mass is 182 g/mol. The number of rotatable bonds is 0. The van der Waals surface area contributed by atoms with Crippen LogP contribution in [-0.4, -0.2) is 23.3 Å². The van der Waals surface area contributed by atoms with Gasteiger partial charge >= 0.3 is 5.97 Å². The number of aliphatic hydroxyl groups is 1. The molecule has 2 fully saturated rings. The van der Waals surface area contributed by atoms with Gasteiger partial charge in [0, 0.05) is 11.5 Å². The van der Waals surface area contributed by atoms with Crippen molar-refractivity contribution in [1.29, 1.82) is 0 Å². The van der Waals surface area contributed by atoms with E-state index in [1.54, 1.807) is 0 Å². The van der Waals surface area contributed by atoms with E-state index in [2.05, 4.69) is 6.58 Å². The molecule has 1 aliphatic carbocycles. The highest BCUT2D eigenvalue weighted by Gasteiger charge is 2.43. The fourth-order valence-corrected chi connectivity index (χ4v) is 2.20. The number of aliphatic hydroxyl groups excluding tert-OH is 1. The lowest BCUT2D eigenvalue weighted by Crippen LogP contribution is -2.29. The van der Waals surface area contributed by atoms with Gasteiger partial charge in [-0.3, -0.25) is 0 Å². The summed E-state index contributed by atoms with van der Waals surface area (Å²) < 4.78 is 5.08. The molecular formula is C10H14O3. The molecule has 3 nitrogen and oxygen atoms in total. The van der Waals surface area contributed by atoms with Crippen molar-refractivity contribution in [2.45, 2.75) is 37.9 Å². The molecule has 1 saturated heterocycles. The molecule has 3 atom stereocenters. The first-order valence-electron chi connectivity index (χ1n) is 4.78. The molecule has 0 aromatic carbocycles. The molecule has 1 heterocycles. The maximum atomic E-state index is 11.2. The Morgan fingerprint density at radius 3 is 2.85 bits per heavy atom. The number of esters is 1. The Hall–Kier alpha value is -0.830. The van der Waals surface area contributed by atoms with Crippen LogP contribution >= 0.6 is 0 Å². The van der Waals surface area contributed by atoms with Crippen molar-refractivity contribution in [3.8, 4) is 0 Å². The average Bonchev–Trinajstić information content (AvgIpc) is 2.30. The van der Waals surface area contributed by atoms with Crippen molar-refractivity contribution in [2.24, 2.45) is 5.92 Å². The quantitative estimate of drug-likeness (QED) is 0.449. The van der Waals surface area contributed by atoms with Crippen molar-refractivity contribution in [2.75, 3.05) is 0 Å².